The molecule has 1 N–H and O–H groups in total. The molecular formula is C20H23N3O7S. The molecule has 0 atom stereocenters. The third-order valence-corrected chi connectivity index (χ3v) is 6.53. The van der Waals surface area contributed by atoms with Crippen molar-refractivity contribution in [3.8, 4) is 11.5 Å². The summed E-state index contributed by atoms with van der Waals surface area (Å²) in [5, 5.41) is 14.1. The molecule has 0 radical (unpaired) electrons. The lowest BCUT2D eigenvalue weighted by Crippen LogP contribution is -2.28. The van der Waals surface area contributed by atoms with Crippen LogP contribution in [-0.2, 0) is 14.8 Å². The fourth-order valence-electron chi connectivity index (χ4n) is 3.14. The third-order valence-electron chi connectivity index (χ3n) is 4.64. The molecule has 1 aliphatic heterocycles. The molecule has 10 nitrogen and oxygen atoms in total. The van der Waals surface area contributed by atoms with Gasteiger partial charge in [-0.05, 0) is 56.2 Å². The average molecular weight is 449 g/mol. The van der Waals surface area contributed by atoms with Crippen molar-refractivity contribution in [2.75, 3.05) is 31.6 Å². The van der Waals surface area contributed by atoms with Crippen LogP contribution in [0.2, 0.25) is 0 Å². The number of hydrogen-bond acceptors (Lipinski definition) is 7. The molecule has 1 amide bonds. The quantitative estimate of drug-likeness (QED) is 0.460. The largest absolute Gasteiger partial charge is 0.494 e. The van der Waals surface area contributed by atoms with E-state index in [1.54, 1.807) is 24.3 Å². The van der Waals surface area contributed by atoms with Gasteiger partial charge in [0.15, 0.2) is 12.4 Å². The molecule has 3 rings (SSSR count). The molecule has 0 bridgehead atoms. The second-order valence-corrected chi connectivity index (χ2v) is 8.73. The van der Waals surface area contributed by atoms with E-state index < -0.39 is 33.1 Å². The van der Waals surface area contributed by atoms with E-state index >= 15 is 0 Å². The van der Waals surface area contributed by atoms with Crippen molar-refractivity contribution < 1.29 is 27.6 Å². The lowest BCUT2D eigenvalue weighted by atomic mass is 10.3. The highest BCUT2D eigenvalue weighted by atomic mass is 32.2. The van der Waals surface area contributed by atoms with Crippen molar-refractivity contribution in [3.05, 3.63) is 52.6 Å². The van der Waals surface area contributed by atoms with E-state index in [2.05, 4.69) is 5.32 Å². The minimum Gasteiger partial charge on any atom is -0.494 e. The molecule has 2 aromatic carbocycles. The molecule has 0 unspecified atom stereocenters. The summed E-state index contributed by atoms with van der Waals surface area (Å²) >= 11 is 0. The molecule has 1 aliphatic rings. The fraction of sp³-hybridized carbons (Fsp3) is 0.350. The molecule has 166 valence electrons. The van der Waals surface area contributed by atoms with Crippen LogP contribution in [0, 0.1) is 10.1 Å². The summed E-state index contributed by atoms with van der Waals surface area (Å²) in [5.74, 6) is -0.0456. The first-order chi connectivity index (χ1) is 14.8. The van der Waals surface area contributed by atoms with Crippen LogP contribution in [0.5, 0.6) is 11.5 Å². The zero-order chi connectivity index (χ0) is 22.4. The van der Waals surface area contributed by atoms with Crippen molar-refractivity contribution in [2.24, 2.45) is 0 Å². The van der Waals surface area contributed by atoms with E-state index in [9.17, 15) is 23.3 Å². The van der Waals surface area contributed by atoms with Crippen LogP contribution < -0.4 is 14.8 Å². The van der Waals surface area contributed by atoms with Gasteiger partial charge in [-0.1, -0.05) is 0 Å². The van der Waals surface area contributed by atoms with Crippen LogP contribution in [0.15, 0.2) is 47.4 Å². The Bertz CT molecular complexity index is 1050. The Labute approximate surface area is 180 Å². The Morgan fingerprint density at radius 3 is 2.42 bits per heavy atom. The lowest BCUT2D eigenvalue weighted by Gasteiger charge is -2.16. The van der Waals surface area contributed by atoms with Gasteiger partial charge in [-0.25, -0.2) is 8.42 Å². The summed E-state index contributed by atoms with van der Waals surface area (Å²) in [6.07, 6.45) is 1.51. The van der Waals surface area contributed by atoms with Gasteiger partial charge in [0.05, 0.1) is 16.4 Å². The summed E-state index contributed by atoms with van der Waals surface area (Å²) in [6.45, 7) is 2.68. The van der Waals surface area contributed by atoms with Crippen molar-refractivity contribution in [3.63, 3.8) is 0 Å². The number of nitrogens with zero attached hydrogens (tertiary/aromatic N) is 2. The fourth-order valence-corrected chi connectivity index (χ4v) is 4.68. The van der Waals surface area contributed by atoms with Gasteiger partial charge >= 0.3 is 5.69 Å². The number of benzene rings is 2. The van der Waals surface area contributed by atoms with Crippen molar-refractivity contribution >= 4 is 27.3 Å². The van der Waals surface area contributed by atoms with Gasteiger partial charge in [0.2, 0.25) is 10.0 Å². The van der Waals surface area contributed by atoms with Crippen LogP contribution >= 0.6 is 0 Å². The molecule has 1 fully saturated rings. The van der Waals surface area contributed by atoms with E-state index in [1.807, 2.05) is 6.92 Å². The Balaban J connectivity index is 1.68. The number of hydrogen-bond donors (Lipinski definition) is 1. The molecule has 0 spiro atoms. The predicted octanol–water partition coefficient (Wildman–Crippen LogP) is 2.80. The van der Waals surface area contributed by atoms with E-state index in [4.69, 9.17) is 9.47 Å². The zero-order valence-corrected chi connectivity index (χ0v) is 17.8. The van der Waals surface area contributed by atoms with Gasteiger partial charge in [0, 0.05) is 24.8 Å². The number of carbonyl (C=O) groups is 1. The highest BCUT2D eigenvalue weighted by Crippen LogP contribution is 2.31. The maximum absolute atomic E-state index is 12.6. The van der Waals surface area contributed by atoms with Gasteiger partial charge in [-0.3, -0.25) is 14.9 Å². The van der Waals surface area contributed by atoms with Crippen molar-refractivity contribution in [2.45, 2.75) is 24.7 Å². The number of amides is 1. The summed E-state index contributed by atoms with van der Waals surface area (Å²) in [7, 11) is -3.81. The van der Waals surface area contributed by atoms with Gasteiger partial charge in [0.25, 0.3) is 5.91 Å². The first-order valence-corrected chi connectivity index (χ1v) is 11.2. The Kier molecular flexibility index (Phi) is 7.08. The molecule has 11 heteroatoms. The molecule has 0 aliphatic carbocycles. The summed E-state index contributed by atoms with van der Waals surface area (Å²) in [6, 6.07) is 10.1. The molecule has 0 saturated carbocycles. The van der Waals surface area contributed by atoms with Crippen LogP contribution in [-0.4, -0.2) is 49.9 Å². The second-order valence-electron chi connectivity index (χ2n) is 6.79. The first-order valence-electron chi connectivity index (χ1n) is 9.75. The maximum Gasteiger partial charge on any atom is 0.312 e. The smallest absolute Gasteiger partial charge is 0.312 e. The van der Waals surface area contributed by atoms with Gasteiger partial charge in [-0.15, -0.1) is 0 Å². The molecule has 1 saturated heterocycles. The molecule has 31 heavy (non-hydrogen) atoms. The van der Waals surface area contributed by atoms with E-state index in [0.29, 0.717) is 31.1 Å². The average Bonchev–Trinajstić information content (AvgIpc) is 3.29. The highest BCUT2D eigenvalue weighted by Gasteiger charge is 2.30. The number of anilines is 1. The van der Waals surface area contributed by atoms with Crippen molar-refractivity contribution in [1.29, 1.82) is 0 Å². The highest BCUT2D eigenvalue weighted by molar-refractivity contribution is 7.89. The van der Waals surface area contributed by atoms with Crippen LogP contribution in [0.4, 0.5) is 11.4 Å². The lowest BCUT2D eigenvalue weighted by molar-refractivity contribution is -0.386. The Hall–Kier alpha value is -3.18. The molecular weight excluding hydrogens is 426 g/mol. The number of nitro benzene ring substituents is 1. The van der Waals surface area contributed by atoms with E-state index in [-0.39, 0.29) is 10.6 Å². The molecule has 1 heterocycles. The van der Waals surface area contributed by atoms with Crippen LogP contribution in [0.1, 0.15) is 19.8 Å². The number of ether oxygens (including phenoxy) is 2. The minimum absolute atomic E-state index is 0.174. The summed E-state index contributed by atoms with van der Waals surface area (Å²) in [5.41, 5.74) is -0.00672. The molecule has 0 aromatic heterocycles. The topological polar surface area (TPSA) is 128 Å². The first kappa shape index (κ1) is 22.5. The number of nitro groups is 1. The number of rotatable bonds is 9. The predicted molar refractivity (Wildman–Crippen MR) is 113 cm³/mol. The van der Waals surface area contributed by atoms with Gasteiger partial charge < -0.3 is 14.8 Å². The number of carbonyl (C=O) groups excluding carboxylic acids is 1. The molecule has 2 aromatic rings. The standard InChI is InChI=1S/C20H23N3O7S/c1-2-29-16-7-5-15(6-8-16)21-20(24)14-30-19-10-9-17(13-18(19)23(25)26)31(27,28)22-11-3-4-12-22/h5-10,13H,2-4,11-12,14H2,1H3,(H,21,24). The SMILES string of the molecule is CCOc1ccc(NC(=O)COc2ccc(S(=O)(=O)N3CCCC3)cc2[N+](=O)[O-])cc1. The zero-order valence-electron chi connectivity index (χ0n) is 16.9. The van der Waals surface area contributed by atoms with Crippen LogP contribution in [0.3, 0.4) is 0 Å². The second kappa shape index (κ2) is 9.75. The van der Waals surface area contributed by atoms with E-state index in [1.165, 1.54) is 16.4 Å². The van der Waals surface area contributed by atoms with Crippen LogP contribution in [0.25, 0.3) is 0 Å². The maximum atomic E-state index is 12.6. The Morgan fingerprint density at radius 1 is 1.13 bits per heavy atom. The van der Waals surface area contributed by atoms with Gasteiger partial charge in [-0.2, -0.15) is 4.31 Å². The summed E-state index contributed by atoms with van der Waals surface area (Å²) < 4.78 is 37.2. The van der Waals surface area contributed by atoms with Crippen molar-refractivity contribution in [1.82, 2.24) is 4.31 Å². The minimum atomic E-state index is -3.81. The summed E-state index contributed by atoms with van der Waals surface area (Å²) in [4.78, 5) is 22.7. The Morgan fingerprint density at radius 2 is 1.81 bits per heavy atom. The monoisotopic (exact) mass is 449 g/mol. The van der Waals surface area contributed by atoms with Gasteiger partial charge in [0.1, 0.15) is 5.75 Å². The third kappa shape index (κ3) is 5.50. The van der Waals surface area contributed by atoms with E-state index in [0.717, 1.165) is 18.9 Å². The number of nitrogens with one attached hydrogen (secondary N) is 1. The normalized spacial score (nSPS) is 14.2. The number of sulfonamides is 1.